The van der Waals surface area contributed by atoms with E-state index in [-0.39, 0.29) is 5.91 Å². The molecule has 1 heterocycles. The molecule has 1 saturated heterocycles. The molecule has 1 aliphatic heterocycles. The molecule has 2 aromatic rings. The third-order valence-corrected chi connectivity index (χ3v) is 5.00. The van der Waals surface area contributed by atoms with Gasteiger partial charge in [0.15, 0.2) is 0 Å². The van der Waals surface area contributed by atoms with Gasteiger partial charge in [0, 0.05) is 38.8 Å². The normalized spacial score (nSPS) is 15.2. The number of benzene rings is 2. The third kappa shape index (κ3) is 5.47. The van der Waals surface area contributed by atoms with Gasteiger partial charge in [0.25, 0.3) is 0 Å². The predicted molar refractivity (Wildman–Crippen MR) is 111 cm³/mol. The number of ether oxygens (including phenoxy) is 2. The summed E-state index contributed by atoms with van der Waals surface area (Å²) in [5, 5.41) is 2.94. The first-order valence-electron chi connectivity index (χ1n) is 9.59. The molecule has 1 amide bonds. The summed E-state index contributed by atoms with van der Waals surface area (Å²) >= 11 is 0. The van der Waals surface area contributed by atoms with Gasteiger partial charge in [0.05, 0.1) is 26.5 Å². The Morgan fingerprint density at radius 2 is 1.75 bits per heavy atom. The van der Waals surface area contributed by atoms with E-state index in [2.05, 4.69) is 46.3 Å². The van der Waals surface area contributed by atoms with Crippen LogP contribution < -0.4 is 14.8 Å². The second kappa shape index (κ2) is 9.57. The molecule has 0 aliphatic carbocycles. The lowest BCUT2D eigenvalue weighted by atomic mass is 10.1. The van der Waals surface area contributed by atoms with E-state index in [0.717, 1.165) is 32.7 Å². The van der Waals surface area contributed by atoms with Crippen molar-refractivity contribution < 1.29 is 14.3 Å². The summed E-state index contributed by atoms with van der Waals surface area (Å²) in [6.07, 6.45) is 0. The first-order valence-corrected chi connectivity index (χ1v) is 9.59. The van der Waals surface area contributed by atoms with Crippen LogP contribution in [0.5, 0.6) is 11.5 Å². The maximum atomic E-state index is 12.5. The molecular weight excluding hydrogens is 354 g/mol. The van der Waals surface area contributed by atoms with Gasteiger partial charge in [-0.25, -0.2) is 0 Å². The van der Waals surface area contributed by atoms with Crippen molar-refractivity contribution in [1.29, 1.82) is 0 Å². The average molecular weight is 383 g/mol. The zero-order chi connectivity index (χ0) is 19.9. The van der Waals surface area contributed by atoms with Crippen molar-refractivity contribution in [2.75, 3.05) is 52.3 Å². The van der Waals surface area contributed by atoms with E-state index in [1.807, 2.05) is 6.07 Å². The Hall–Kier alpha value is -2.57. The minimum absolute atomic E-state index is 0.0319. The van der Waals surface area contributed by atoms with Crippen LogP contribution in [-0.2, 0) is 11.3 Å². The van der Waals surface area contributed by atoms with Crippen LogP contribution in [0.3, 0.4) is 0 Å². The van der Waals surface area contributed by atoms with Gasteiger partial charge in [0.2, 0.25) is 5.91 Å². The van der Waals surface area contributed by atoms with Crippen molar-refractivity contribution >= 4 is 11.6 Å². The summed E-state index contributed by atoms with van der Waals surface area (Å²) in [7, 11) is 3.18. The van der Waals surface area contributed by atoms with Gasteiger partial charge in [-0.05, 0) is 24.6 Å². The van der Waals surface area contributed by atoms with Crippen LogP contribution in [0.1, 0.15) is 11.1 Å². The van der Waals surface area contributed by atoms with E-state index in [1.54, 1.807) is 26.4 Å². The highest BCUT2D eigenvalue weighted by molar-refractivity contribution is 5.93. The molecule has 28 heavy (non-hydrogen) atoms. The van der Waals surface area contributed by atoms with E-state index in [0.29, 0.717) is 23.7 Å². The summed E-state index contributed by atoms with van der Waals surface area (Å²) in [6.45, 7) is 7.17. The quantitative estimate of drug-likeness (QED) is 0.797. The molecule has 1 aliphatic rings. The average Bonchev–Trinajstić information content (AvgIpc) is 2.70. The Labute approximate surface area is 167 Å². The number of piperazine rings is 1. The van der Waals surface area contributed by atoms with Gasteiger partial charge in [-0.3, -0.25) is 14.6 Å². The summed E-state index contributed by atoms with van der Waals surface area (Å²) in [5.74, 6) is 1.26. The monoisotopic (exact) mass is 383 g/mol. The van der Waals surface area contributed by atoms with Gasteiger partial charge in [-0.15, -0.1) is 0 Å². The summed E-state index contributed by atoms with van der Waals surface area (Å²) < 4.78 is 10.5. The zero-order valence-corrected chi connectivity index (χ0v) is 16.9. The Morgan fingerprint density at radius 1 is 1.00 bits per heavy atom. The summed E-state index contributed by atoms with van der Waals surface area (Å²) in [6, 6.07) is 14.0. The number of rotatable bonds is 7. The first-order chi connectivity index (χ1) is 13.6. The Balaban J connectivity index is 1.47. The predicted octanol–water partition coefficient (Wildman–Crippen LogP) is 2.77. The van der Waals surface area contributed by atoms with Crippen molar-refractivity contribution in [2.24, 2.45) is 0 Å². The molecule has 0 aromatic heterocycles. The highest BCUT2D eigenvalue weighted by Crippen LogP contribution is 2.29. The van der Waals surface area contributed by atoms with Crippen LogP contribution in [0.4, 0.5) is 5.69 Å². The van der Waals surface area contributed by atoms with E-state index in [9.17, 15) is 4.79 Å². The molecule has 2 aromatic carbocycles. The van der Waals surface area contributed by atoms with Gasteiger partial charge < -0.3 is 14.8 Å². The Bertz CT molecular complexity index is 801. The molecule has 6 nitrogen and oxygen atoms in total. The van der Waals surface area contributed by atoms with Crippen LogP contribution in [-0.4, -0.2) is 62.7 Å². The van der Waals surface area contributed by atoms with E-state index in [4.69, 9.17) is 9.47 Å². The molecule has 0 atom stereocenters. The lowest BCUT2D eigenvalue weighted by Gasteiger charge is -2.34. The second-order valence-electron chi connectivity index (χ2n) is 7.16. The Morgan fingerprint density at radius 3 is 2.43 bits per heavy atom. The molecular formula is C22H29N3O3. The number of anilines is 1. The standard InChI is InChI=1S/C22H29N3O3/c1-17-5-4-6-18(13-17)15-24-9-11-25(12-10-24)16-22(26)23-20-8-7-19(27-2)14-21(20)28-3/h4-8,13-14H,9-12,15-16H2,1-3H3,(H,23,26). The third-order valence-electron chi connectivity index (χ3n) is 5.00. The maximum Gasteiger partial charge on any atom is 0.238 e. The fourth-order valence-corrected chi connectivity index (χ4v) is 3.47. The zero-order valence-electron chi connectivity index (χ0n) is 16.9. The fourth-order valence-electron chi connectivity index (χ4n) is 3.47. The number of nitrogens with one attached hydrogen (secondary N) is 1. The smallest absolute Gasteiger partial charge is 0.238 e. The molecule has 3 rings (SSSR count). The van der Waals surface area contributed by atoms with Gasteiger partial charge in [-0.2, -0.15) is 0 Å². The van der Waals surface area contributed by atoms with Crippen LogP contribution >= 0.6 is 0 Å². The van der Waals surface area contributed by atoms with Crippen molar-refractivity contribution in [3.05, 3.63) is 53.6 Å². The van der Waals surface area contributed by atoms with Gasteiger partial charge >= 0.3 is 0 Å². The minimum atomic E-state index is -0.0319. The largest absolute Gasteiger partial charge is 0.497 e. The van der Waals surface area contributed by atoms with Crippen molar-refractivity contribution in [1.82, 2.24) is 9.80 Å². The van der Waals surface area contributed by atoms with Crippen molar-refractivity contribution in [3.63, 3.8) is 0 Å². The first kappa shape index (κ1) is 20.2. The maximum absolute atomic E-state index is 12.5. The number of methoxy groups -OCH3 is 2. The molecule has 0 radical (unpaired) electrons. The SMILES string of the molecule is COc1ccc(NC(=O)CN2CCN(Cc3cccc(C)c3)CC2)c(OC)c1. The summed E-state index contributed by atoms with van der Waals surface area (Å²) in [4.78, 5) is 17.1. The van der Waals surface area contributed by atoms with Crippen LogP contribution in [0.2, 0.25) is 0 Å². The minimum Gasteiger partial charge on any atom is -0.497 e. The second-order valence-corrected chi connectivity index (χ2v) is 7.16. The van der Waals surface area contributed by atoms with Crippen molar-refractivity contribution in [2.45, 2.75) is 13.5 Å². The summed E-state index contributed by atoms with van der Waals surface area (Å²) in [5.41, 5.74) is 3.30. The number of hydrogen-bond donors (Lipinski definition) is 1. The van der Waals surface area contributed by atoms with E-state index < -0.39 is 0 Å². The molecule has 1 fully saturated rings. The van der Waals surface area contributed by atoms with E-state index >= 15 is 0 Å². The highest BCUT2D eigenvalue weighted by atomic mass is 16.5. The highest BCUT2D eigenvalue weighted by Gasteiger charge is 2.19. The molecule has 1 N–H and O–H groups in total. The topological polar surface area (TPSA) is 54.0 Å². The lowest BCUT2D eigenvalue weighted by Crippen LogP contribution is -2.48. The number of nitrogens with zero attached hydrogens (tertiary/aromatic N) is 2. The van der Waals surface area contributed by atoms with Crippen LogP contribution in [0.25, 0.3) is 0 Å². The Kier molecular flexibility index (Phi) is 6.90. The van der Waals surface area contributed by atoms with Crippen LogP contribution in [0.15, 0.2) is 42.5 Å². The number of hydrogen-bond acceptors (Lipinski definition) is 5. The number of carbonyl (C=O) groups is 1. The molecule has 150 valence electrons. The molecule has 0 saturated carbocycles. The van der Waals surface area contributed by atoms with Crippen LogP contribution in [0, 0.1) is 6.92 Å². The number of carbonyl (C=O) groups excluding carboxylic acids is 1. The molecule has 6 heteroatoms. The number of aryl methyl sites for hydroxylation is 1. The molecule has 0 bridgehead atoms. The van der Waals surface area contributed by atoms with E-state index in [1.165, 1.54) is 11.1 Å². The van der Waals surface area contributed by atoms with Crippen molar-refractivity contribution in [3.8, 4) is 11.5 Å². The lowest BCUT2D eigenvalue weighted by molar-refractivity contribution is -0.117. The van der Waals surface area contributed by atoms with Gasteiger partial charge in [-0.1, -0.05) is 29.8 Å². The molecule has 0 spiro atoms. The molecule has 0 unspecified atom stereocenters. The fraction of sp³-hybridized carbons (Fsp3) is 0.409. The number of amides is 1. The van der Waals surface area contributed by atoms with Gasteiger partial charge in [0.1, 0.15) is 11.5 Å².